The number of nitrogens with zero attached hydrogens (tertiary/aromatic N) is 6. The molecule has 0 N–H and O–H groups in total. The first-order chi connectivity index (χ1) is 9.28. The number of esters is 1. The molecule has 0 fully saturated rings. The van der Waals surface area contributed by atoms with E-state index < -0.39 is 5.97 Å². The molecule has 0 aliphatic carbocycles. The van der Waals surface area contributed by atoms with E-state index in [2.05, 4.69) is 29.8 Å². The summed E-state index contributed by atoms with van der Waals surface area (Å²) in [4.78, 5) is 11.3. The molecule has 100 valence electrons. The summed E-state index contributed by atoms with van der Waals surface area (Å²) >= 11 is 0. The van der Waals surface area contributed by atoms with E-state index in [1.54, 1.807) is 10.9 Å². The maximum absolute atomic E-state index is 11.3. The number of rotatable bonds is 3. The van der Waals surface area contributed by atoms with Crippen LogP contribution < -0.4 is 0 Å². The van der Waals surface area contributed by atoms with Gasteiger partial charge >= 0.3 is 5.97 Å². The van der Waals surface area contributed by atoms with Crippen molar-refractivity contribution in [3.05, 3.63) is 23.5 Å². The Morgan fingerprint density at radius 3 is 3.11 bits per heavy atom. The van der Waals surface area contributed by atoms with Gasteiger partial charge in [0, 0.05) is 13.0 Å². The van der Waals surface area contributed by atoms with Crippen molar-refractivity contribution in [2.45, 2.75) is 32.4 Å². The molecule has 2 aromatic heterocycles. The minimum atomic E-state index is -0.491. The van der Waals surface area contributed by atoms with E-state index in [1.165, 1.54) is 7.11 Å². The highest BCUT2D eigenvalue weighted by Crippen LogP contribution is 2.14. The Morgan fingerprint density at radius 2 is 2.26 bits per heavy atom. The van der Waals surface area contributed by atoms with Gasteiger partial charge < -0.3 is 9.30 Å². The number of hydrogen-bond donors (Lipinski definition) is 0. The van der Waals surface area contributed by atoms with Crippen molar-refractivity contribution in [2.75, 3.05) is 7.11 Å². The van der Waals surface area contributed by atoms with Crippen molar-refractivity contribution in [1.29, 1.82) is 0 Å². The Hall–Kier alpha value is -2.25. The average Bonchev–Trinajstić information content (AvgIpc) is 3.06. The third-order valence-corrected chi connectivity index (χ3v) is 3.17. The van der Waals surface area contributed by atoms with Crippen LogP contribution in [-0.4, -0.2) is 42.8 Å². The van der Waals surface area contributed by atoms with Crippen LogP contribution in [0.1, 0.15) is 35.0 Å². The van der Waals surface area contributed by atoms with Gasteiger partial charge in [-0.25, -0.2) is 9.48 Å². The van der Waals surface area contributed by atoms with Crippen LogP contribution in [0.5, 0.6) is 0 Å². The lowest BCUT2D eigenvalue weighted by Crippen LogP contribution is -2.15. The minimum absolute atomic E-state index is 0.195. The summed E-state index contributed by atoms with van der Waals surface area (Å²) in [5.41, 5.74) is 0.195. The van der Waals surface area contributed by atoms with Crippen molar-refractivity contribution in [2.24, 2.45) is 0 Å². The number of aryl methyl sites for hydroxylation is 1. The molecule has 0 radical (unpaired) electrons. The zero-order chi connectivity index (χ0) is 13.2. The van der Waals surface area contributed by atoms with E-state index in [9.17, 15) is 4.79 Å². The quantitative estimate of drug-likeness (QED) is 0.726. The number of hydrogen-bond acceptors (Lipinski definition) is 6. The molecule has 0 bridgehead atoms. The van der Waals surface area contributed by atoms with Crippen LogP contribution >= 0.6 is 0 Å². The molecule has 0 unspecified atom stereocenters. The molecule has 3 heterocycles. The van der Waals surface area contributed by atoms with E-state index in [4.69, 9.17) is 0 Å². The van der Waals surface area contributed by atoms with Gasteiger partial charge in [0.1, 0.15) is 12.4 Å². The molecule has 1 aliphatic heterocycles. The summed E-state index contributed by atoms with van der Waals surface area (Å²) in [5, 5.41) is 16.0. The fourth-order valence-electron chi connectivity index (χ4n) is 2.20. The number of carbonyl (C=O) groups is 1. The van der Waals surface area contributed by atoms with E-state index in [0.717, 1.165) is 37.5 Å². The molecule has 0 saturated heterocycles. The van der Waals surface area contributed by atoms with Crippen LogP contribution in [0.2, 0.25) is 0 Å². The third-order valence-electron chi connectivity index (χ3n) is 3.17. The monoisotopic (exact) mass is 262 g/mol. The number of aromatic nitrogens is 6. The van der Waals surface area contributed by atoms with Gasteiger partial charge in [0.2, 0.25) is 0 Å². The Bertz CT molecular complexity index is 602. The summed E-state index contributed by atoms with van der Waals surface area (Å²) in [6.07, 6.45) is 4.82. The Kier molecular flexibility index (Phi) is 2.98. The van der Waals surface area contributed by atoms with Crippen LogP contribution in [0.4, 0.5) is 0 Å². The molecule has 0 atom stereocenters. The molecular formula is C11H14N6O2. The zero-order valence-corrected chi connectivity index (χ0v) is 10.6. The third kappa shape index (κ3) is 2.20. The van der Waals surface area contributed by atoms with E-state index in [1.807, 2.05) is 0 Å². The second-order valence-corrected chi connectivity index (χ2v) is 4.43. The summed E-state index contributed by atoms with van der Waals surface area (Å²) in [5.74, 6) is 1.38. The molecule has 8 heteroatoms. The summed E-state index contributed by atoms with van der Waals surface area (Å²) in [6.45, 7) is 1.40. The van der Waals surface area contributed by atoms with Crippen molar-refractivity contribution >= 4 is 5.97 Å². The molecule has 8 nitrogen and oxygen atoms in total. The molecule has 0 amide bonds. The second kappa shape index (κ2) is 4.79. The van der Waals surface area contributed by atoms with Crippen molar-refractivity contribution in [3.63, 3.8) is 0 Å². The van der Waals surface area contributed by atoms with Gasteiger partial charge in [-0.15, -0.1) is 15.3 Å². The highest BCUT2D eigenvalue weighted by atomic mass is 16.5. The van der Waals surface area contributed by atoms with Gasteiger partial charge in [0.05, 0.1) is 13.3 Å². The average molecular weight is 262 g/mol. The molecule has 0 saturated carbocycles. The minimum Gasteiger partial charge on any atom is -0.464 e. The van der Waals surface area contributed by atoms with Gasteiger partial charge in [-0.05, 0) is 12.8 Å². The van der Waals surface area contributed by atoms with Crippen LogP contribution in [0.3, 0.4) is 0 Å². The SMILES string of the molecule is COC(=O)c1cn(Cc2nnc3n2CCCC3)nn1. The fourth-order valence-corrected chi connectivity index (χ4v) is 2.20. The first-order valence-corrected chi connectivity index (χ1v) is 6.17. The van der Waals surface area contributed by atoms with Crippen LogP contribution in [-0.2, 0) is 24.2 Å². The number of carbonyl (C=O) groups excluding carboxylic acids is 1. The number of ether oxygens (including phenoxy) is 1. The molecule has 1 aliphatic rings. The second-order valence-electron chi connectivity index (χ2n) is 4.43. The Morgan fingerprint density at radius 1 is 1.37 bits per heavy atom. The first kappa shape index (κ1) is 11.8. The van der Waals surface area contributed by atoms with Crippen LogP contribution in [0.15, 0.2) is 6.20 Å². The summed E-state index contributed by atoms with van der Waals surface area (Å²) in [6, 6.07) is 0. The van der Waals surface area contributed by atoms with Crippen molar-refractivity contribution in [1.82, 2.24) is 29.8 Å². The Balaban J connectivity index is 1.80. The maximum atomic E-state index is 11.3. The van der Waals surface area contributed by atoms with Crippen molar-refractivity contribution < 1.29 is 9.53 Å². The number of fused-ring (bicyclic) bond motifs is 1. The van der Waals surface area contributed by atoms with Gasteiger partial charge in [-0.3, -0.25) is 0 Å². The topological polar surface area (TPSA) is 87.7 Å². The summed E-state index contributed by atoms with van der Waals surface area (Å²) in [7, 11) is 1.32. The summed E-state index contributed by atoms with van der Waals surface area (Å²) < 4.78 is 8.27. The van der Waals surface area contributed by atoms with Gasteiger partial charge in [0.15, 0.2) is 11.5 Å². The molecular weight excluding hydrogens is 248 g/mol. The lowest BCUT2D eigenvalue weighted by molar-refractivity contribution is 0.0594. The highest BCUT2D eigenvalue weighted by Gasteiger charge is 2.17. The molecule has 0 spiro atoms. The van der Waals surface area contributed by atoms with E-state index >= 15 is 0 Å². The van der Waals surface area contributed by atoms with Gasteiger partial charge in [-0.2, -0.15) is 0 Å². The first-order valence-electron chi connectivity index (χ1n) is 6.17. The van der Waals surface area contributed by atoms with Gasteiger partial charge in [0.25, 0.3) is 0 Å². The number of methoxy groups -OCH3 is 1. The predicted octanol–water partition coefficient (Wildman–Crippen LogP) is 0.0408. The Labute approximate surface area is 109 Å². The molecule has 19 heavy (non-hydrogen) atoms. The lowest BCUT2D eigenvalue weighted by Gasteiger charge is -2.14. The van der Waals surface area contributed by atoms with Crippen molar-refractivity contribution in [3.8, 4) is 0 Å². The molecule has 2 aromatic rings. The van der Waals surface area contributed by atoms with E-state index in [-0.39, 0.29) is 5.69 Å². The van der Waals surface area contributed by atoms with Crippen LogP contribution in [0, 0.1) is 0 Å². The van der Waals surface area contributed by atoms with Crippen LogP contribution in [0.25, 0.3) is 0 Å². The smallest absolute Gasteiger partial charge is 0.360 e. The largest absolute Gasteiger partial charge is 0.464 e. The van der Waals surface area contributed by atoms with E-state index in [0.29, 0.717) is 6.54 Å². The lowest BCUT2D eigenvalue weighted by atomic mass is 10.2. The normalized spacial score (nSPS) is 14.2. The predicted molar refractivity (Wildman–Crippen MR) is 63.4 cm³/mol. The molecule has 3 rings (SSSR count). The standard InChI is InChI=1S/C11H14N6O2/c1-19-11(18)8-6-16(15-12-8)7-10-14-13-9-4-2-3-5-17(9)10/h6H,2-5,7H2,1H3. The fraction of sp³-hybridized carbons (Fsp3) is 0.545. The highest BCUT2D eigenvalue weighted by molar-refractivity contribution is 5.86. The zero-order valence-electron chi connectivity index (χ0n) is 10.6. The maximum Gasteiger partial charge on any atom is 0.360 e. The molecule has 0 aromatic carbocycles. The van der Waals surface area contributed by atoms with Gasteiger partial charge in [-0.1, -0.05) is 5.21 Å².